The fraction of sp³-hybridized carbons (Fsp3) is 0.611. The molecule has 1 rings (SSSR count). The van der Waals surface area contributed by atoms with Crippen molar-refractivity contribution in [2.24, 2.45) is 5.92 Å². The zero-order valence-corrected chi connectivity index (χ0v) is 14.5. The minimum absolute atomic E-state index is 0.0700. The molecule has 4 heteroatoms. The van der Waals surface area contributed by atoms with Gasteiger partial charge in [0.05, 0.1) is 6.54 Å². The fourth-order valence-corrected chi connectivity index (χ4v) is 2.47. The van der Waals surface area contributed by atoms with E-state index in [0.717, 1.165) is 18.5 Å². The van der Waals surface area contributed by atoms with Gasteiger partial charge >= 0.3 is 0 Å². The van der Waals surface area contributed by atoms with E-state index in [2.05, 4.69) is 37.9 Å². The number of phenols is 1. The van der Waals surface area contributed by atoms with E-state index in [0.29, 0.717) is 18.5 Å². The highest BCUT2D eigenvalue weighted by Crippen LogP contribution is 2.11. The molecule has 0 radical (unpaired) electrons. The molecule has 1 aromatic carbocycles. The smallest absolute Gasteiger partial charge is 0.234 e. The van der Waals surface area contributed by atoms with E-state index in [-0.39, 0.29) is 17.7 Å². The van der Waals surface area contributed by atoms with Crippen molar-refractivity contribution in [3.8, 4) is 5.75 Å². The summed E-state index contributed by atoms with van der Waals surface area (Å²) in [5, 5.41) is 12.3. The van der Waals surface area contributed by atoms with Crippen molar-refractivity contribution in [2.45, 2.75) is 53.1 Å². The van der Waals surface area contributed by atoms with Crippen molar-refractivity contribution in [2.75, 3.05) is 13.1 Å². The van der Waals surface area contributed by atoms with E-state index in [1.54, 1.807) is 12.1 Å². The second kappa shape index (κ2) is 8.79. The minimum Gasteiger partial charge on any atom is -0.508 e. The topological polar surface area (TPSA) is 52.6 Å². The van der Waals surface area contributed by atoms with E-state index in [1.807, 2.05) is 19.1 Å². The SMILES string of the molecule is CC(C)CN(CC(=O)NC(C)Cc1ccc(O)cc1)C(C)C. The molecule has 0 fully saturated rings. The van der Waals surface area contributed by atoms with Gasteiger partial charge in [-0.3, -0.25) is 9.69 Å². The van der Waals surface area contributed by atoms with Crippen molar-refractivity contribution < 1.29 is 9.90 Å². The van der Waals surface area contributed by atoms with Gasteiger partial charge in [0.1, 0.15) is 5.75 Å². The Balaban J connectivity index is 2.47. The van der Waals surface area contributed by atoms with Crippen molar-refractivity contribution >= 4 is 5.91 Å². The molecule has 0 bridgehead atoms. The molecule has 4 nitrogen and oxygen atoms in total. The average molecular weight is 306 g/mol. The van der Waals surface area contributed by atoms with E-state index in [9.17, 15) is 9.90 Å². The molecule has 2 N–H and O–H groups in total. The lowest BCUT2D eigenvalue weighted by atomic mass is 10.1. The molecular weight excluding hydrogens is 276 g/mol. The summed E-state index contributed by atoms with van der Waals surface area (Å²) in [6.45, 7) is 12.0. The van der Waals surface area contributed by atoms with Crippen LogP contribution in [0.25, 0.3) is 0 Å². The van der Waals surface area contributed by atoms with Gasteiger partial charge in [0.15, 0.2) is 0 Å². The number of carbonyl (C=O) groups excluding carboxylic acids is 1. The van der Waals surface area contributed by atoms with Crippen molar-refractivity contribution in [3.05, 3.63) is 29.8 Å². The van der Waals surface area contributed by atoms with Crippen LogP contribution in [0.1, 0.15) is 40.2 Å². The highest BCUT2D eigenvalue weighted by atomic mass is 16.3. The molecule has 0 aliphatic rings. The Morgan fingerprint density at radius 3 is 2.23 bits per heavy atom. The summed E-state index contributed by atoms with van der Waals surface area (Å²) in [4.78, 5) is 14.4. The first kappa shape index (κ1) is 18.5. The Hall–Kier alpha value is -1.55. The number of rotatable bonds is 8. The largest absolute Gasteiger partial charge is 0.508 e. The number of nitrogens with zero attached hydrogens (tertiary/aromatic N) is 1. The molecule has 0 aliphatic heterocycles. The first-order chi connectivity index (χ1) is 10.3. The highest BCUT2D eigenvalue weighted by Gasteiger charge is 2.16. The van der Waals surface area contributed by atoms with E-state index < -0.39 is 0 Å². The molecular formula is C18H30N2O2. The Labute approximate surface area is 134 Å². The first-order valence-electron chi connectivity index (χ1n) is 8.09. The van der Waals surface area contributed by atoms with Crippen molar-refractivity contribution in [3.63, 3.8) is 0 Å². The standard InChI is InChI=1S/C18H30N2O2/c1-13(2)11-20(14(3)4)12-18(22)19-15(5)10-16-6-8-17(21)9-7-16/h6-9,13-15,21H,10-12H2,1-5H3,(H,19,22). The summed E-state index contributed by atoms with van der Waals surface area (Å²) in [5.74, 6) is 0.881. The van der Waals surface area contributed by atoms with Gasteiger partial charge < -0.3 is 10.4 Å². The minimum atomic E-state index is 0.0700. The summed E-state index contributed by atoms with van der Waals surface area (Å²) in [5.41, 5.74) is 1.11. The Morgan fingerprint density at radius 2 is 1.73 bits per heavy atom. The third-order valence-electron chi connectivity index (χ3n) is 3.56. The molecule has 0 saturated heterocycles. The Morgan fingerprint density at radius 1 is 1.14 bits per heavy atom. The maximum Gasteiger partial charge on any atom is 0.234 e. The normalized spacial score (nSPS) is 12.9. The molecule has 0 aromatic heterocycles. The zero-order valence-electron chi connectivity index (χ0n) is 14.5. The molecule has 0 aliphatic carbocycles. The van der Waals surface area contributed by atoms with Crippen LogP contribution in [-0.2, 0) is 11.2 Å². The average Bonchev–Trinajstić information content (AvgIpc) is 2.39. The van der Waals surface area contributed by atoms with Gasteiger partial charge in [-0.25, -0.2) is 0 Å². The Bertz CT molecular complexity index is 455. The predicted octanol–water partition coefficient (Wildman–Crippen LogP) is 2.81. The van der Waals surface area contributed by atoms with Crippen LogP contribution in [0.5, 0.6) is 5.75 Å². The van der Waals surface area contributed by atoms with Crippen LogP contribution in [0, 0.1) is 5.92 Å². The highest BCUT2D eigenvalue weighted by molar-refractivity contribution is 5.78. The lowest BCUT2D eigenvalue weighted by Gasteiger charge is -2.28. The van der Waals surface area contributed by atoms with Crippen LogP contribution in [0.4, 0.5) is 0 Å². The second-order valence-electron chi connectivity index (χ2n) is 6.76. The van der Waals surface area contributed by atoms with Gasteiger partial charge in [-0.05, 0) is 50.8 Å². The van der Waals surface area contributed by atoms with Crippen LogP contribution in [0.3, 0.4) is 0 Å². The second-order valence-corrected chi connectivity index (χ2v) is 6.76. The van der Waals surface area contributed by atoms with Gasteiger partial charge in [0.25, 0.3) is 0 Å². The molecule has 1 atom stereocenters. The van der Waals surface area contributed by atoms with Crippen LogP contribution in [0.15, 0.2) is 24.3 Å². The summed E-state index contributed by atoms with van der Waals surface area (Å²) >= 11 is 0. The lowest BCUT2D eigenvalue weighted by Crippen LogP contribution is -2.45. The molecule has 0 saturated carbocycles. The summed E-state index contributed by atoms with van der Waals surface area (Å²) in [7, 11) is 0. The maximum atomic E-state index is 12.2. The number of hydrogen-bond acceptors (Lipinski definition) is 3. The van der Waals surface area contributed by atoms with Gasteiger partial charge in [-0.2, -0.15) is 0 Å². The lowest BCUT2D eigenvalue weighted by molar-refractivity contribution is -0.123. The van der Waals surface area contributed by atoms with E-state index in [1.165, 1.54) is 0 Å². The number of benzene rings is 1. The summed E-state index contributed by atoms with van der Waals surface area (Å²) in [6.07, 6.45) is 0.762. The van der Waals surface area contributed by atoms with Gasteiger partial charge in [-0.1, -0.05) is 26.0 Å². The predicted molar refractivity (Wildman–Crippen MR) is 91.0 cm³/mol. The van der Waals surface area contributed by atoms with E-state index in [4.69, 9.17) is 0 Å². The monoisotopic (exact) mass is 306 g/mol. The van der Waals surface area contributed by atoms with Gasteiger partial charge in [-0.15, -0.1) is 0 Å². The third-order valence-corrected chi connectivity index (χ3v) is 3.56. The molecule has 22 heavy (non-hydrogen) atoms. The summed E-state index contributed by atoms with van der Waals surface area (Å²) in [6, 6.07) is 7.56. The molecule has 1 amide bonds. The Kier molecular flexibility index (Phi) is 7.39. The van der Waals surface area contributed by atoms with Crippen LogP contribution in [-0.4, -0.2) is 41.1 Å². The van der Waals surface area contributed by atoms with Gasteiger partial charge in [0, 0.05) is 18.6 Å². The first-order valence-corrected chi connectivity index (χ1v) is 8.09. The quantitative estimate of drug-likeness (QED) is 0.776. The number of phenolic OH excluding ortho intramolecular Hbond substituents is 1. The third kappa shape index (κ3) is 6.94. The van der Waals surface area contributed by atoms with Gasteiger partial charge in [0.2, 0.25) is 5.91 Å². The molecule has 1 aromatic rings. The number of amides is 1. The molecule has 0 heterocycles. The van der Waals surface area contributed by atoms with Crippen molar-refractivity contribution in [1.82, 2.24) is 10.2 Å². The van der Waals surface area contributed by atoms with Crippen LogP contribution < -0.4 is 5.32 Å². The number of hydrogen-bond donors (Lipinski definition) is 2. The number of nitrogens with one attached hydrogen (secondary N) is 1. The zero-order chi connectivity index (χ0) is 16.7. The van der Waals surface area contributed by atoms with Crippen LogP contribution >= 0.6 is 0 Å². The van der Waals surface area contributed by atoms with Crippen LogP contribution in [0.2, 0.25) is 0 Å². The number of carbonyl (C=O) groups is 1. The maximum absolute atomic E-state index is 12.2. The molecule has 0 spiro atoms. The summed E-state index contributed by atoms with van der Waals surface area (Å²) < 4.78 is 0. The fourth-order valence-electron chi connectivity index (χ4n) is 2.47. The van der Waals surface area contributed by atoms with Crippen molar-refractivity contribution in [1.29, 1.82) is 0 Å². The number of aromatic hydroxyl groups is 1. The van der Waals surface area contributed by atoms with E-state index >= 15 is 0 Å². The molecule has 124 valence electrons. The molecule has 1 unspecified atom stereocenters.